The molecule has 0 aliphatic rings. The largest absolute Gasteiger partial charge is 0.507 e. The van der Waals surface area contributed by atoms with Crippen LogP contribution < -0.4 is 5.43 Å². The van der Waals surface area contributed by atoms with Crippen molar-refractivity contribution in [2.45, 2.75) is 5.16 Å². The van der Waals surface area contributed by atoms with Crippen molar-refractivity contribution in [1.82, 2.24) is 25.2 Å². The highest BCUT2D eigenvalue weighted by Gasteiger charge is 2.17. The number of phenols is 1. The minimum absolute atomic E-state index is 0.0565. The highest BCUT2D eigenvalue weighted by molar-refractivity contribution is 7.99. The summed E-state index contributed by atoms with van der Waals surface area (Å²) in [5.41, 5.74) is 4.69. The zero-order chi connectivity index (χ0) is 24.9. The second-order valence-electron chi connectivity index (χ2n) is 7.66. The Balaban J connectivity index is 1.33. The van der Waals surface area contributed by atoms with Gasteiger partial charge in [0.2, 0.25) is 0 Å². The minimum Gasteiger partial charge on any atom is -0.507 e. The Bertz CT molecular complexity index is 1550. The molecule has 0 saturated heterocycles. The van der Waals surface area contributed by atoms with Crippen molar-refractivity contribution in [3.05, 3.63) is 95.8 Å². The van der Waals surface area contributed by atoms with Crippen LogP contribution in [-0.4, -0.2) is 42.7 Å². The van der Waals surface area contributed by atoms with Gasteiger partial charge >= 0.3 is 0 Å². The van der Waals surface area contributed by atoms with Crippen molar-refractivity contribution >= 4 is 46.3 Å². The van der Waals surface area contributed by atoms with E-state index in [4.69, 9.17) is 11.6 Å². The van der Waals surface area contributed by atoms with Gasteiger partial charge in [-0.05, 0) is 53.2 Å². The molecule has 0 aliphatic carbocycles. The number of amides is 1. The Morgan fingerprint density at radius 3 is 2.61 bits per heavy atom. The van der Waals surface area contributed by atoms with Crippen LogP contribution in [-0.2, 0) is 4.79 Å². The van der Waals surface area contributed by atoms with Crippen molar-refractivity contribution < 1.29 is 9.90 Å². The monoisotopic (exact) mass is 514 g/mol. The van der Waals surface area contributed by atoms with Crippen LogP contribution in [0.15, 0.2) is 95.4 Å². The van der Waals surface area contributed by atoms with Gasteiger partial charge in [-0.25, -0.2) is 5.43 Å². The summed E-state index contributed by atoms with van der Waals surface area (Å²) in [7, 11) is 0. The summed E-state index contributed by atoms with van der Waals surface area (Å²) in [4.78, 5) is 16.6. The summed E-state index contributed by atoms with van der Waals surface area (Å²) < 4.78 is 1.86. The molecule has 0 aliphatic heterocycles. The summed E-state index contributed by atoms with van der Waals surface area (Å²) in [5.74, 6) is 0.431. The first-order chi connectivity index (χ1) is 17.6. The molecule has 0 unspecified atom stereocenters. The summed E-state index contributed by atoms with van der Waals surface area (Å²) in [6.07, 6.45) is 4.81. The lowest BCUT2D eigenvalue weighted by molar-refractivity contribution is -0.118. The number of rotatable bonds is 7. The Morgan fingerprint density at radius 2 is 1.81 bits per heavy atom. The lowest BCUT2D eigenvalue weighted by atomic mass is 10.0. The number of carbonyl (C=O) groups is 1. The average Bonchev–Trinajstić information content (AvgIpc) is 3.33. The zero-order valence-electron chi connectivity index (χ0n) is 18.7. The molecule has 2 heterocycles. The maximum Gasteiger partial charge on any atom is 0.250 e. The van der Waals surface area contributed by atoms with Crippen LogP contribution >= 0.6 is 23.4 Å². The minimum atomic E-state index is -0.327. The van der Waals surface area contributed by atoms with Gasteiger partial charge in [0.1, 0.15) is 5.75 Å². The molecule has 36 heavy (non-hydrogen) atoms. The molecule has 178 valence electrons. The number of hydrazone groups is 1. The second-order valence-corrected chi connectivity index (χ2v) is 9.03. The Kier molecular flexibility index (Phi) is 6.92. The summed E-state index contributed by atoms with van der Waals surface area (Å²) >= 11 is 7.30. The van der Waals surface area contributed by atoms with Crippen LogP contribution in [0.5, 0.6) is 5.75 Å². The first-order valence-electron chi connectivity index (χ1n) is 10.9. The fraction of sp³-hybridized carbons (Fsp3) is 0.0385. The molecule has 2 N–H and O–H groups in total. The van der Waals surface area contributed by atoms with Crippen LogP contribution in [0.3, 0.4) is 0 Å². The van der Waals surface area contributed by atoms with Gasteiger partial charge < -0.3 is 5.11 Å². The molecule has 0 spiro atoms. The number of pyridine rings is 1. The molecule has 2 aromatic heterocycles. The van der Waals surface area contributed by atoms with Crippen molar-refractivity contribution in [3.63, 3.8) is 0 Å². The summed E-state index contributed by atoms with van der Waals surface area (Å²) in [5, 5.41) is 25.9. The van der Waals surface area contributed by atoms with E-state index >= 15 is 0 Å². The molecule has 0 bridgehead atoms. The van der Waals surface area contributed by atoms with E-state index < -0.39 is 0 Å². The van der Waals surface area contributed by atoms with Crippen molar-refractivity contribution in [2.24, 2.45) is 5.10 Å². The molecule has 8 nitrogen and oxygen atoms in total. The van der Waals surface area contributed by atoms with E-state index in [0.717, 1.165) is 22.0 Å². The zero-order valence-corrected chi connectivity index (χ0v) is 20.3. The number of halogens is 1. The van der Waals surface area contributed by atoms with Gasteiger partial charge in [-0.3, -0.25) is 14.3 Å². The standard InChI is InChI=1S/C26H19ClN6O2S/c27-19-6-8-20(9-7-19)33-25(18-11-13-28-14-12-18)31-32-26(33)36-16-24(35)30-29-15-22-21-4-2-1-3-17(21)5-10-23(22)34/h1-15,34H,16H2,(H,30,35)/b29-15-. The smallest absolute Gasteiger partial charge is 0.250 e. The van der Waals surface area contributed by atoms with Crippen LogP contribution in [0.25, 0.3) is 27.8 Å². The topological polar surface area (TPSA) is 105 Å². The van der Waals surface area contributed by atoms with Gasteiger partial charge in [-0.15, -0.1) is 10.2 Å². The SMILES string of the molecule is O=C(CSc1nnc(-c2ccncc2)n1-c1ccc(Cl)cc1)N/N=C\c1c(O)ccc2ccccc12. The summed E-state index contributed by atoms with van der Waals surface area (Å²) in [6, 6.07) is 22.0. The van der Waals surface area contributed by atoms with Gasteiger partial charge in [0.15, 0.2) is 11.0 Å². The van der Waals surface area contributed by atoms with E-state index in [9.17, 15) is 9.90 Å². The molecule has 3 aromatic carbocycles. The van der Waals surface area contributed by atoms with E-state index in [1.54, 1.807) is 30.6 Å². The molecular weight excluding hydrogens is 496 g/mol. The lowest BCUT2D eigenvalue weighted by Crippen LogP contribution is -2.20. The van der Waals surface area contributed by atoms with Crippen LogP contribution in [0, 0.1) is 0 Å². The molecule has 0 saturated carbocycles. The Morgan fingerprint density at radius 1 is 1.03 bits per heavy atom. The normalized spacial score (nSPS) is 11.2. The number of nitrogens with zero attached hydrogens (tertiary/aromatic N) is 5. The second kappa shape index (κ2) is 10.6. The molecule has 0 fully saturated rings. The third-order valence-electron chi connectivity index (χ3n) is 5.32. The average molecular weight is 515 g/mol. The molecule has 10 heteroatoms. The number of hydrogen-bond donors (Lipinski definition) is 2. The third kappa shape index (κ3) is 5.07. The fourth-order valence-electron chi connectivity index (χ4n) is 3.63. The van der Waals surface area contributed by atoms with Crippen LogP contribution in [0.1, 0.15) is 5.56 Å². The Hall–Kier alpha value is -4.21. The number of nitrogens with one attached hydrogen (secondary N) is 1. The van der Waals surface area contributed by atoms with E-state index in [0.29, 0.717) is 21.6 Å². The van der Waals surface area contributed by atoms with Gasteiger partial charge in [-0.1, -0.05) is 53.7 Å². The highest BCUT2D eigenvalue weighted by atomic mass is 35.5. The van der Waals surface area contributed by atoms with E-state index in [-0.39, 0.29) is 17.4 Å². The number of fused-ring (bicyclic) bond motifs is 1. The van der Waals surface area contributed by atoms with Crippen molar-refractivity contribution in [2.75, 3.05) is 5.75 Å². The molecule has 0 atom stereocenters. The lowest BCUT2D eigenvalue weighted by Gasteiger charge is -2.10. The number of carbonyl (C=O) groups excluding carboxylic acids is 1. The van der Waals surface area contributed by atoms with Gasteiger partial charge in [0.25, 0.3) is 5.91 Å². The number of aromatic nitrogens is 4. The number of aromatic hydroxyl groups is 1. The summed E-state index contributed by atoms with van der Waals surface area (Å²) in [6.45, 7) is 0. The van der Waals surface area contributed by atoms with Crippen LogP contribution in [0.4, 0.5) is 0 Å². The van der Waals surface area contributed by atoms with Crippen LogP contribution in [0.2, 0.25) is 5.02 Å². The Labute approximate surface area is 215 Å². The van der Waals surface area contributed by atoms with E-state index in [1.807, 2.05) is 59.2 Å². The van der Waals surface area contributed by atoms with Crippen molar-refractivity contribution in [3.8, 4) is 22.8 Å². The number of thioether (sulfide) groups is 1. The maximum absolute atomic E-state index is 12.5. The van der Waals surface area contributed by atoms with Gasteiger partial charge in [-0.2, -0.15) is 5.10 Å². The molecule has 5 rings (SSSR count). The molecule has 1 amide bonds. The number of benzene rings is 3. The van der Waals surface area contributed by atoms with E-state index in [1.165, 1.54) is 18.0 Å². The van der Waals surface area contributed by atoms with E-state index in [2.05, 4.69) is 25.7 Å². The molecule has 5 aromatic rings. The van der Waals surface area contributed by atoms with Gasteiger partial charge in [0, 0.05) is 34.2 Å². The maximum atomic E-state index is 12.5. The first-order valence-corrected chi connectivity index (χ1v) is 12.2. The quantitative estimate of drug-likeness (QED) is 0.178. The number of phenolic OH excluding ortho intramolecular Hbond substituents is 1. The van der Waals surface area contributed by atoms with Crippen molar-refractivity contribution in [1.29, 1.82) is 0 Å². The first kappa shape index (κ1) is 23.5. The number of hydrogen-bond acceptors (Lipinski definition) is 7. The molecular formula is C26H19ClN6O2S. The predicted molar refractivity (Wildman–Crippen MR) is 142 cm³/mol. The molecule has 0 radical (unpaired) electrons. The predicted octanol–water partition coefficient (Wildman–Crippen LogP) is 5.08. The van der Waals surface area contributed by atoms with Gasteiger partial charge in [0.05, 0.1) is 12.0 Å². The highest BCUT2D eigenvalue weighted by Crippen LogP contribution is 2.28. The fourth-order valence-corrected chi connectivity index (χ4v) is 4.50. The third-order valence-corrected chi connectivity index (χ3v) is 6.50.